The van der Waals surface area contributed by atoms with Crippen molar-refractivity contribution >= 4 is 71.4 Å². The molecular weight excluding hydrogens is 797 g/mol. The first-order valence-electron chi connectivity index (χ1n) is 22.0. The number of fused-ring (bicyclic) bond motifs is 2. The van der Waals surface area contributed by atoms with E-state index < -0.39 is 16.1 Å². The van der Waals surface area contributed by atoms with Crippen LogP contribution in [-0.4, -0.2) is 16.1 Å². The summed E-state index contributed by atoms with van der Waals surface area (Å²) in [4.78, 5) is 4.68. The van der Waals surface area contributed by atoms with Gasteiger partial charge in [0.05, 0.1) is 16.1 Å². The van der Waals surface area contributed by atoms with E-state index in [2.05, 4.69) is 255 Å². The zero-order chi connectivity index (χ0) is 43.3. The van der Waals surface area contributed by atoms with Crippen LogP contribution in [0.4, 0.5) is 34.1 Å². The molecule has 0 saturated carbocycles. The van der Waals surface area contributed by atoms with E-state index >= 15 is 0 Å². The number of hydrogen-bond donors (Lipinski definition) is 0. The second kappa shape index (κ2) is 16.1. The van der Waals surface area contributed by atoms with Crippen molar-refractivity contribution in [1.29, 1.82) is 0 Å². The minimum absolute atomic E-state index is 0.876. The number of hydrogen-bond acceptors (Lipinski definition) is 3. The molecule has 63 heavy (non-hydrogen) atoms. The lowest BCUT2D eigenvalue weighted by Gasteiger charge is -2.27. The number of nitrogens with zero attached hydrogens (tertiary/aromatic N) is 2. The summed E-state index contributed by atoms with van der Waals surface area (Å²) in [6, 6.07) is 75.1. The van der Waals surface area contributed by atoms with Gasteiger partial charge in [0.2, 0.25) is 0 Å². The van der Waals surface area contributed by atoms with Gasteiger partial charge in [-0.2, -0.15) is 0 Å². The molecule has 308 valence electrons. The van der Waals surface area contributed by atoms with Crippen LogP contribution in [-0.2, 0) is 0 Å². The molecule has 0 N–H and O–H groups in total. The topological polar surface area (TPSA) is 15.7 Å². The van der Waals surface area contributed by atoms with E-state index in [0.29, 0.717) is 0 Å². The first-order chi connectivity index (χ1) is 30.5. The second-order valence-corrected chi connectivity index (χ2v) is 28.8. The molecule has 5 heteroatoms. The summed E-state index contributed by atoms with van der Waals surface area (Å²) in [6.07, 6.45) is 0. The van der Waals surface area contributed by atoms with Crippen LogP contribution in [0.15, 0.2) is 206 Å². The summed E-state index contributed by atoms with van der Waals surface area (Å²) >= 11 is 0. The van der Waals surface area contributed by atoms with Crippen molar-refractivity contribution < 1.29 is 4.74 Å². The van der Waals surface area contributed by atoms with E-state index in [1.165, 1.54) is 32.5 Å². The van der Waals surface area contributed by atoms with Crippen LogP contribution in [0.3, 0.4) is 0 Å². The molecule has 0 fully saturated rings. The predicted molar refractivity (Wildman–Crippen MR) is 276 cm³/mol. The van der Waals surface area contributed by atoms with E-state index in [1.807, 2.05) is 0 Å². The fraction of sp³-hybridized carbons (Fsp3) is 0.103. The highest BCUT2D eigenvalue weighted by molar-refractivity contribution is 6.89. The summed E-state index contributed by atoms with van der Waals surface area (Å²) in [7, 11) is -2.83. The van der Waals surface area contributed by atoms with Gasteiger partial charge in [-0.25, -0.2) is 0 Å². The van der Waals surface area contributed by atoms with E-state index in [1.54, 1.807) is 0 Å². The SMILES string of the molecule is C[Si](C)(C)c1ccc(N(c2ccccc2)c2ccc(-c3ccc4c(c3)Oc3cccc5c(-c6ccc(N(c7ccccc7)c7ccc([Si](C)(C)C)cc7)cc6)ccc-4c35)cc2)cc1. The average molecular weight is 849 g/mol. The molecule has 1 aliphatic heterocycles. The Balaban J connectivity index is 0.947. The van der Waals surface area contributed by atoms with Crippen LogP contribution < -0.4 is 24.9 Å². The fourth-order valence-electron chi connectivity index (χ4n) is 8.92. The Morgan fingerprint density at radius 3 is 1.22 bits per heavy atom. The summed E-state index contributed by atoms with van der Waals surface area (Å²) in [6.45, 7) is 14.4. The van der Waals surface area contributed by atoms with Gasteiger partial charge < -0.3 is 14.5 Å². The Bertz CT molecular complexity index is 3060. The van der Waals surface area contributed by atoms with E-state index in [-0.39, 0.29) is 0 Å². The minimum atomic E-state index is -1.42. The van der Waals surface area contributed by atoms with E-state index in [4.69, 9.17) is 4.74 Å². The number of benzene rings is 9. The molecule has 0 bridgehead atoms. The van der Waals surface area contributed by atoms with E-state index in [0.717, 1.165) is 67.7 Å². The molecule has 9 aromatic carbocycles. The second-order valence-electron chi connectivity index (χ2n) is 18.7. The van der Waals surface area contributed by atoms with Crippen LogP contribution in [0.5, 0.6) is 11.5 Å². The number of ether oxygens (including phenoxy) is 1. The van der Waals surface area contributed by atoms with Crippen LogP contribution in [0.1, 0.15) is 0 Å². The van der Waals surface area contributed by atoms with Crippen LogP contribution in [0.2, 0.25) is 39.3 Å². The van der Waals surface area contributed by atoms with Crippen molar-refractivity contribution in [2.75, 3.05) is 9.80 Å². The van der Waals surface area contributed by atoms with Crippen molar-refractivity contribution in [2.45, 2.75) is 39.3 Å². The van der Waals surface area contributed by atoms with Gasteiger partial charge in [0.15, 0.2) is 0 Å². The van der Waals surface area contributed by atoms with Crippen molar-refractivity contribution in [3.05, 3.63) is 206 Å². The average Bonchev–Trinajstić information content (AvgIpc) is 3.30. The third kappa shape index (κ3) is 7.79. The molecule has 9 aromatic rings. The Hall–Kier alpha value is -6.93. The Kier molecular flexibility index (Phi) is 10.3. The van der Waals surface area contributed by atoms with Crippen molar-refractivity contribution in [2.24, 2.45) is 0 Å². The molecule has 3 nitrogen and oxygen atoms in total. The molecule has 10 rings (SSSR count). The lowest BCUT2D eigenvalue weighted by Crippen LogP contribution is -2.37. The third-order valence-electron chi connectivity index (χ3n) is 12.4. The molecule has 0 amide bonds. The van der Waals surface area contributed by atoms with Gasteiger partial charge >= 0.3 is 0 Å². The Morgan fingerprint density at radius 2 is 0.730 bits per heavy atom. The van der Waals surface area contributed by atoms with Gasteiger partial charge in [-0.3, -0.25) is 0 Å². The molecule has 0 spiro atoms. The first-order valence-corrected chi connectivity index (χ1v) is 29.0. The summed E-state index contributed by atoms with van der Waals surface area (Å²) < 4.78 is 6.78. The fourth-order valence-corrected chi connectivity index (χ4v) is 11.3. The smallest absolute Gasteiger partial charge is 0.135 e. The predicted octanol–water partition coefficient (Wildman–Crippen LogP) is 16.0. The highest BCUT2D eigenvalue weighted by Gasteiger charge is 2.24. The van der Waals surface area contributed by atoms with Gasteiger partial charge in [-0.05, 0) is 124 Å². The molecule has 1 aliphatic rings. The molecule has 1 heterocycles. The minimum Gasteiger partial charge on any atom is -0.456 e. The first kappa shape index (κ1) is 40.2. The van der Waals surface area contributed by atoms with Gasteiger partial charge in [-0.15, -0.1) is 0 Å². The molecule has 0 unspecified atom stereocenters. The maximum Gasteiger partial charge on any atom is 0.135 e. The largest absolute Gasteiger partial charge is 0.456 e. The molecule has 0 aromatic heterocycles. The molecular formula is C58H52N2OSi2. The summed E-state index contributed by atoms with van der Waals surface area (Å²) in [5.74, 6) is 1.76. The van der Waals surface area contributed by atoms with Crippen LogP contribution in [0, 0.1) is 0 Å². The maximum absolute atomic E-state index is 6.78. The lowest BCUT2D eigenvalue weighted by atomic mass is 9.89. The number of para-hydroxylation sites is 2. The monoisotopic (exact) mass is 848 g/mol. The maximum atomic E-state index is 6.78. The summed E-state index contributed by atoms with van der Waals surface area (Å²) in [5, 5.41) is 5.25. The normalized spacial score (nSPS) is 12.1. The van der Waals surface area contributed by atoms with Gasteiger partial charge in [0.25, 0.3) is 0 Å². The number of rotatable bonds is 10. The molecule has 0 aliphatic carbocycles. The lowest BCUT2D eigenvalue weighted by molar-refractivity contribution is 0.487. The third-order valence-corrected chi connectivity index (χ3v) is 16.5. The summed E-state index contributed by atoms with van der Waals surface area (Å²) in [5.41, 5.74) is 13.7. The highest BCUT2D eigenvalue weighted by Crippen LogP contribution is 2.50. The molecule has 0 saturated heterocycles. The molecule has 0 radical (unpaired) electrons. The van der Waals surface area contributed by atoms with Crippen molar-refractivity contribution in [1.82, 2.24) is 0 Å². The van der Waals surface area contributed by atoms with Crippen molar-refractivity contribution in [3.8, 4) is 44.9 Å². The van der Waals surface area contributed by atoms with Crippen molar-refractivity contribution in [3.63, 3.8) is 0 Å². The van der Waals surface area contributed by atoms with Gasteiger partial charge in [-0.1, -0.05) is 165 Å². The van der Waals surface area contributed by atoms with E-state index in [9.17, 15) is 0 Å². The zero-order valence-corrected chi connectivity index (χ0v) is 38.9. The quantitative estimate of drug-likeness (QED) is 0.128. The van der Waals surface area contributed by atoms with Crippen LogP contribution in [0.25, 0.3) is 44.2 Å². The highest BCUT2D eigenvalue weighted by atomic mass is 28.3. The van der Waals surface area contributed by atoms with Gasteiger partial charge in [0, 0.05) is 45.1 Å². The number of anilines is 6. The van der Waals surface area contributed by atoms with Crippen LogP contribution >= 0.6 is 0 Å². The standard InChI is InChI=1S/C58H52N2OSi2/c1-62(2,3)50-33-29-48(30-34-50)59(44-14-9-7-10-15-44)46-25-20-41(21-26-46)43-24-37-53-55-39-38-52(54-18-13-19-56(58(54)55)61-57(53)40-43)42-22-27-47(28-23-42)60(45-16-11-8-12-17-45)49-31-35-51(36-32-49)63(4,5)6/h7-40H,1-6H3. The zero-order valence-electron chi connectivity index (χ0n) is 36.9. The Morgan fingerprint density at radius 1 is 0.317 bits per heavy atom. The Labute approximate surface area is 374 Å². The molecule has 0 atom stereocenters. The van der Waals surface area contributed by atoms with Gasteiger partial charge in [0.1, 0.15) is 11.5 Å².